The molecular formula is C22H24FN3O. The Morgan fingerprint density at radius 3 is 2.56 bits per heavy atom. The first kappa shape index (κ1) is 17.6. The molecule has 0 bridgehead atoms. The van der Waals surface area contributed by atoms with Gasteiger partial charge in [0.15, 0.2) is 0 Å². The number of aryl methyl sites for hydroxylation is 2. The minimum atomic E-state index is -0.232. The van der Waals surface area contributed by atoms with Crippen LogP contribution in [0.15, 0.2) is 48.5 Å². The third-order valence-corrected chi connectivity index (χ3v) is 5.09. The molecule has 0 fully saturated rings. The van der Waals surface area contributed by atoms with Crippen LogP contribution in [0.5, 0.6) is 5.75 Å². The highest BCUT2D eigenvalue weighted by Gasteiger charge is 2.20. The second-order valence-electron chi connectivity index (χ2n) is 6.89. The molecule has 4 nitrogen and oxygen atoms in total. The van der Waals surface area contributed by atoms with Gasteiger partial charge in [-0.1, -0.05) is 12.1 Å². The van der Waals surface area contributed by atoms with Crippen LogP contribution in [-0.4, -0.2) is 23.4 Å². The van der Waals surface area contributed by atoms with Crippen molar-refractivity contribution in [3.63, 3.8) is 0 Å². The Balaban J connectivity index is 1.62. The first-order valence-corrected chi connectivity index (χ1v) is 9.48. The van der Waals surface area contributed by atoms with Crippen molar-refractivity contribution in [2.24, 2.45) is 0 Å². The Morgan fingerprint density at radius 1 is 1.04 bits per heavy atom. The average molecular weight is 365 g/mol. The van der Waals surface area contributed by atoms with E-state index in [-0.39, 0.29) is 5.82 Å². The molecular weight excluding hydrogens is 341 g/mol. The number of fused-ring (bicyclic) bond motifs is 1. The quantitative estimate of drug-likeness (QED) is 0.721. The first-order chi connectivity index (χ1) is 13.2. The van der Waals surface area contributed by atoms with E-state index in [1.54, 1.807) is 19.2 Å². The van der Waals surface area contributed by atoms with E-state index in [4.69, 9.17) is 9.84 Å². The monoisotopic (exact) mass is 365 g/mol. The van der Waals surface area contributed by atoms with Gasteiger partial charge in [-0.15, -0.1) is 0 Å². The lowest BCUT2D eigenvalue weighted by Crippen LogP contribution is -2.07. The smallest absolute Gasteiger partial charge is 0.133 e. The summed E-state index contributed by atoms with van der Waals surface area (Å²) in [5.74, 6) is 1.70. The standard InChI is InChI=1S/C22H24FN3O/c1-27-19-12-5-16(6-13-19)7-14-21-20-4-2-3-15-24-22(20)26(25-21)18-10-8-17(23)9-11-18/h5-6,8-13,24H,2-4,7,14-15H2,1H3. The van der Waals surface area contributed by atoms with Crippen LogP contribution < -0.4 is 10.1 Å². The molecule has 0 aliphatic carbocycles. The molecule has 27 heavy (non-hydrogen) atoms. The fraction of sp³-hybridized carbons (Fsp3) is 0.318. The molecule has 2 aromatic carbocycles. The molecule has 1 N–H and O–H groups in total. The largest absolute Gasteiger partial charge is 0.497 e. The highest BCUT2D eigenvalue weighted by atomic mass is 19.1. The van der Waals surface area contributed by atoms with E-state index in [0.29, 0.717) is 0 Å². The second kappa shape index (κ2) is 7.82. The molecule has 0 saturated heterocycles. The Bertz CT molecular complexity index is 901. The molecule has 0 spiro atoms. The number of anilines is 1. The normalized spacial score (nSPS) is 13.6. The van der Waals surface area contributed by atoms with Crippen LogP contribution in [0.1, 0.15) is 29.7 Å². The molecule has 1 aromatic heterocycles. The number of aromatic nitrogens is 2. The lowest BCUT2D eigenvalue weighted by Gasteiger charge is -2.09. The number of halogens is 1. The van der Waals surface area contributed by atoms with Crippen LogP contribution in [0.3, 0.4) is 0 Å². The number of nitrogens with one attached hydrogen (secondary N) is 1. The molecule has 1 aliphatic rings. The molecule has 0 atom stereocenters. The minimum Gasteiger partial charge on any atom is -0.497 e. The molecule has 5 heteroatoms. The maximum Gasteiger partial charge on any atom is 0.133 e. The zero-order valence-electron chi connectivity index (χ0n) is 15.5. The summed E-state index contributed by atoms with van der Waals surface area (Å²) in [5, 5.41) is 8.42. The van der Waals surface area contributed by atoms with E-state index in [0.717, 1.165) is 61.6 Å². The summed E-state index contributed by atoms with van der Waals surface area (Å²) >= 11 is 0. The molecule has 0 unspecified atom stereocenters. The van der Waals surface area contributed by atoms with Gasteiger partial charge >= 0.3 is 0 Å². The first-order valence-electron chi connectivity index (χ1n) is 9.48. The highest BCUT2D eigenvalue weighted by Crippen LogP contribution is 2.29. The molecule has 140 valence electrons. The van der Waals surface area contributed by atoms with Crippen LogP contribution in [0.4, 0.5) is 10.2 Å². The van der Waals surface area contributed by atoms with Crippen LogP contribution in [0, 0.1) is 5.82 Å². The molecule has 3 aromatic rings. The summed E-state index contributed by atoms with van der Waals surface area (Å²) in [4.78, 5) is 0. The van der Waals surface area contributed by atoms with Crippen molar-refractivity contribution in [1.82, 2.24) is 9.78 Å². The number of ether oxygens (including phenoxy) is 1. The van der Waals surface area contributed by atoms with Gasteiger partial charge in [-0.3, -0.25) is 0 Å². The number of hydrogen-bond donors (Lipinski definition) is 1. The second-order valence-corrected chi connectivity index (χ2v) is 6.89. The van der Waals surface area contributed by atoms with Crippen LogP contribution in [0.2, 0.25) is 0 Å². The van der Waals surface area contributed by atoms with Crippen LogP contribution >= 0.6 is 0 Å². The highest BCUT2D eigenvalue weighted by molar-refractivity contribution is 5.54. The summed E-state index contributed by atoms with van der Waals surface area (Å²) in [6, 6.07) is 14.7. The number of nitrogens with zero attached hydrogens (tertiary/aromatic N) is 2. The number of rotatable bonds is 5. The lowest BCUT2D eigenvalue weighted by molar-refractivity contribution is 0.414. The predicted molar refractivity (Wildman–Crippen MR) is 105 cm³/mol. The van der Waals surface area contributed by atoms with Gasteiger partial charge in [-0.05, 0) is 74.1 Å². The van der Waals surface area contributed by atoms with Gasteiger partial charge in [0.2, 0.25) is 0 Å². The fourth-order valence-corrected chi connectivity index (χ4v) is 3.60. The van der Waals surface area contributed by atoms with Gasteiger partial charge in [0.05, 0.1) is 18.5 Å². The number of methoxy groups -OCH3 is 1. The summed E-state index contributed by atoms with van der Waals surface area (Å²) in [5.41, 5.74) is 4.57. The maximum atomic E-state index is 13.3. The van der Waals surface area contributed by atoms with Crippen molar-refractivity contribution in [2.45, 2.75) is 32.1 Å². The van der Waals surface area contributed by atoms with Crippen LogP contribution in [-0.2, 0) is 19.3 Å². The van der Waals surface area contributed by atoms with Crippen molar-refractivity contribution >= 4 is 5.82 Å². The number of benzene rings is 2. The third kappa shape index (κ3) is 3.82. The minimum absolute atomic E-state index is 0.232. The van der Waals surface area contributed by atoms with E-state index < -0.39 is 0 Å². The van der Waals surface area contributed by atoms with Crippen molar-refractivity contribution in [1.29, 1.82) is 0 Å². The summed E-state index contributed by atoms with van der Waals surface area (Å²) < 4.78 is 20.5. The zero-order valence-corrected chi connectivity index (χ0v) is 15.5. The third-order valence-electron chi connectivity index (χ3n) is 5.09. The molecule has 0 radical (unpaired) electrons. The van der Waals surface area contributed by atoms with Gasteiger partial charge in [0.25, 0.3) is 0 Å². The predicted octanol–water partition coefficient (Wildman–Crippen LogP) is 4.55. The molecule has 0 saturated carbocycles. The number of hydrogen-bond acceptors (Lipinski definition) is 3. The zero-order chi connectivity index (χ0) is 18.6. The van der Waals surface area contributed by atoms with E-state index in [2.05, 4.69) is 17.4 Å². The Kier molecular flexibility index (Phi) is 5.10. The van der Waals surface area contributed by atoms with Crippen molar-refractivity contribution in [3.05, 3.63) is 71.2 Å². The Hall–Kier alpha value is -2.82. The van der Waals surface area contributed by atoms with Gasteiger partial charge < -0.3 is 10.1 Å². The Morgan fingerprint density at radius 2 is 1.81 bits per heavy atom. The van der Waals surface area contributed by atoms with Gasteiger partial charge in [0.1, 0.15) is 17.4 Å². The fourth-order valence-electron chi connectivity index (χ4n) is 3.60. The molecule has 0 amide bonds. The summed E-state index contributed by atoms with van der Waals surface area (Å²) in [6.45, 7) is 0.942. The van der Waals surface area contributed by atoms with Gasteiger partial charge in [0, 0.05) is 12.1 Å². The molecule has 2 heterocycles. The van der Waals surface area contributed by atoms with E-state index in [1.165, 1.54) is 23.3 Å². The SMILES string of the molecule is COc1ccc(CCc2nn(-c3ccc(F)cc3)c3c2CCCCN3)cc1. The van der Waals surface area contributed by atoms with E-state index in [1.807, 2.05) is 16.8 Å². The lowest BCUT2D eigenvalue weighted by atomic mass is 10.0. The molecule has 4 rings (SSSR count). The summed E-state index contributed by atoms with van der Waals surface area (Å²) in [6.07, 6.45) is 5.14. The van der Waals surface area contributed by atoms with Crippen molar-refractivity contribution in [2.75, 3.05) is 19.0 Å². The summed E-state index contributed by atoms with van der Waals surface area (Å²) in [7, 11) is 1.68. The van der Waals surface area contributed by atoms with Gasteiger partial charge in [-0.25, -0.2) is 9.07 Å². The van der Waals surface area contributed by atoms with Crippen molar-refractivity contribution in [3.8, 4) is 11.4 Å². The average Bonchev–Trinajstić information content (AvgIpc) is 2.88. The molecule has 1 aliphatic heterocycles. The van der Waals surface area contributed by atoms with E-state index >= 15 is 0 Å². The van der Waals surface area contributed by atoms with Crippen molar-refractivity contribution < 1.29 is 9.13 Å². The Labute approximate surface area is 159 Å². The maximum absolute atomic E-state index is 13.3. The topological polar surface area (TPSA) is 39.1 Å². The van der Waals surface area contributed by atoms with Gasteiger partial charge in [-0.2, -0.15) is 5.10 Å². The van der Waals surface area contributed by atoms with Crippen LogP contribution in [0.25, 0.3) is 5.69 Å². The van der Waals surface area contributed by atoms with E-state index in [9.17, 15) is 4.39 Å².